The summed E-state index contributed by atoms with van der Waals surface area (Å²) in [6, 6.07) is 8.44. The van der Waals surface area contributed by atoms with Crippen LogP contribution in [0.25, 0.3) is 10.9 Å². The number of H-pyrrole nitrogens is 1. The Bertz CT molecular complexity index is 674. The van der Waals surface area contributed by atoms with E-state index in [-0.39, 0.29) is 5.54 Å². The number of aromatic nitrogens is 1. The molecule has 2 aliphatic heterocycles. The Labute approximate surface area is 119 Å². The lowest BCUT2D eigenvalue weighted by Crippen LogP contribution is -2.51. The molecule has 0 radical (unpaired) electrons. The molecule has 3 heterocycles. The predicted octanol–water partition coefficient (Wildman–Crippen LogP) is 3.42. The SMILES string of the molecule is CC1CCCN2C(=O)CCC12c1c[nH]c2ccccc12. The van der Waals surface area contributed by atoms with Crippen LogP contribution in [-0.4, -0.2) is 22.3 Å². The van der Waals surface area contributed by atoms with Crippen LogP contribution in [-0.2, 0) is 10.3 Å². The molecular formula is C17H20N2O. The third-order valence-electron chi connectivity index (χ3n) is 5.39. The zero-order valence-corrected chi connectivity index (χ0v) is 11.9. The molecule has 104 valence electrons. The maximum absolute atomic E-state index is 12.3. The van der Waals surface area contributed by atoms with Gasteiger partial charge in [-0.3, -0.25) is 4.79 Å². The number of benzene rings is 1. The summed E-state index contributed by atoms with van der Waals surface area (Å²) in [5, 5.41) is 1.28. The molecule has 2 aliphatic rings. The summed E-state index contributed by atoms with van der Waals surface area (Å²) in [6.07, 6.45) is 6.15. The highest BCUT2D eigenvalue weighted by molar-refractivity contribution is 5.87. The van der Waals surface area contributed by atoms with Gasteiger partial charge in [-0.25, -0.2) is 0 Å². The molecule has 3 nitrogen and oxygen atoms in total. The number of para-hydroxylation sites is 1. The van der Waals surface area contributed by atoms with Crippen molar-refractivity contribution in [3.05, 3.63) is 36.0 Å². The molecule has 0 bridgehead atoms. The molecule has 1 amide bonds. The highest BCUT2D eigenvalue weighted by atomic mass is 16.2. The Morgan fingerprint density at radius 1 is 1.35 bits per heavy atom. The van der Waals surface area contributed by atoms with E-state index in [9.17, 15) is 4.79 Å². The van der Waals surface area contributed by atoms with Gasteiger partial charge in [-0.15, -0.1) is 0 Å². The Hall–Kier alpha value is -1.77. The fraction of sp³-hybridized carbons (Fsp3) is 0.471. The summed E-state index contributed by atoms with van der Waals surface area (Å²) in [4.78, 5) is 17.9. The van der Waals surface area contributed by atoms with Crippen molar-refractivity contribution in [2.24, 2.45) is 5.92 Å². The van der Waals surface area contributed by atoms with Gasteiger partial charge in [0.1, 0.15) is 0 Å². The molecule has 1 aromatic heterocycles. The molecular weight excluding hydrogens is 248 g/mol. The highest BCUT2D eigenvalue weighted by Crippen LogP contribution is 2.51. The van der Waals surface area contributed by atoms with Crippen LogP contribution in [0.2, 0.25) is 0 Å². The highest BCUT2D eigenvalue weighted by Gasteiger charge is 2.52. The minimum absolute atomic E-state index is 0.0745. The van der Waals surface area contributed by atoms with Crippen molar-refractivity contribution in [2.45, 2.75) is 38.1 Å². The first kappa shape index (κ1) is 12.0. The fourth-order valence-electron chi connectivity index (χ4n) is 4.40. The van der Waals surface area contributed by atoms with Crippen molar-refractivity contribution in [1.82, 2.24) is 9.88 Å². The zero-order chi connectivity index (χ0) is 13.7. The van der Waals surface area contributed by atoms with Gasteiger partial charge in [0.05, 0.1) is 5.54 Å². The van der Waals surface area contributed by atoms with Gasteiger partial charge in [0.25, 0.3) is 0 Å². The van der Waals surface area contributed by atoms with Gasteiger partial charge in [-0.1, -0.05) is 25.1 Å². The lowest BCUT2D eigenvalue weighted by Gasteiger charge is -2.47. The molecule has 4 rings (SSSR count). The maximum atomic E-state index is 12.3. The van der Waals surface area contributed by atoms with Crippen molar-refractivity contribution in [3.8, 4) is 0 Å². The van der Waals surface area contributed by atoms with E-state index in [0.717, 1.165) is 19.4 Å². The lowest BCUT2D eigenvalue weighted by atomic mass is 9.72. The largest absolute Gasteiger partial charge is 0.361 e. The van der Waals surface area contributed by atoms with Gasteiger partial charge in [0, 0.05) is 35.6 Å². The number of carbonyl (C=O) groups is 1. The van der Waals surface area contributed by atoms with Crippen molar-refractivity contribution >= 4 is 16.8 Å². The monoisotopic (exact) mass is 268 g/mol. The normalized spacial score (nSPS) is 29.9. The number of hydrogen-bond acceptors (Lipinski definition) is 1. The number of hydrogen-bond donors (Lipinski definition) is 1. The van der Waals surface area contributed by atoms with Crippen molar-refractivity contribution < 1.29 is 4.79 Å². The fourth-order valence-corrected chi connectivity index (χ4v) is 4.40. The van der Waals surface area contributed by atoms with Gasteiger partial charge in [0.15, 0.2) is 0 Å². The van der Waals surface area contributed by atoms with Gasteiger partial charge in [0.2, 0.25) is 5.91 Å². The molecule has 2 unspecified atom stereocenters. The Balaban J connectivity index is 1.95. The molecule has 1 N–H and O–H groups in total. The van der Waals surface area contributed by atoms with E-state index in [4.69, 9.17) is 0 Å². The number of carbonyl (C=O) groups excluding carboxylic acids is 1. The average molecular weight is 268 g/mol. The quantitative estimate of drug-likeness (QED) is 0.845. The van der Waals surface area contributed by atoms with Crippen LogP contribution in [0.15, 0.2) is 30.5 Å². The van der Waals surface area contributed by atoms with Crippen LogP contribution in [0.4, 0.5) is 0 Å². The molecule has 3 heteroatoms. The first-order chi connectivity index (χ1) is 9.73. The molecule has 2 saturated heterocycles. The van der Waals surface area contributed by atoms with Crippen molar-refractivity contribution in [1.29, 1.82) is 0 Å². The number of nitrogens with one attached hydrogen (secondary N) is 1. The van der Waals surface area contributed by atoms with E-state index >= 15 is 0 Å². The summed E-state index contributed by atoms with van der Waals surface area (Å²) < 4.78 is 0. The Morgan fingerprint density at radius 2 is 2.20 bits per heavy atom. The van der Waals surface area contributed by atoms with E-state index in [1.165, 1.54) is 22.9 Å². The van der Waals surface area contributed by atoms with Gasteiger partial charge in [-0.05, 0) is 31.2 Å². The van der Waals surface area contributed by atoms with Crippen LogP contribution in [0.1, 0.15) is 38.2 Å². The van der Waals surface area contributed by atoms with Gasteiger partial charge < -0.3 is 9.88 Å². The molecule has 2 fully saturated rings. The topological polar surface area (TPSA) is 36.1 Å². The van der Waals surface area contributed by atoms with Crippen LogP contribution in [0, 0.1) is 5.92 Å². The Kier molecular flexibility index (Phi) is 2.47. The summed E-state index contributed by atoms with van der Waals surface area (Å²) in [5.41, 5.74) is 2.43. The second-order valence-electron chi connectivity index (χ2n) is 6.26. The minimum atomic E-state index is -0.0745. The molecule has 0 aliphatic carbocycles. The van der Waals surface area contributed by atoms with Crippen molar-refractivity contribution in [2.75, 3.05) is 6.54 Å². The summed E-state index contributed by atoms with van der Waals surface area (Å²) in [6.45, 7) is 3.23. The molecule has 0 saturated carbocycles. The zero-order valence-electron chi connectivity index (χ0n) is 11.9. The van der Waals surface area contributed by atoms with Gasteiger partial charge >= 0.3 is 0 Å². The second kappa shape index (κ2) is 4.11. The van der Waals surface area contributed by atoms with Crippen LogP contribution < -0.4 is 0 Å². The van der Waals surface area contributed by atoms with Crippen LogP contribution in [0.5, 0.6) is 0 Å². The molecule has 2 aromatic rings. The van der Waals surface area contributed by atoms with Crippen LogP contribution in [0.3, 0.4) is 0 Å². The van der Waals surface area contributed by atoms with E-state index in [1.54, 1.807) is 0 Å². The number of nitrogens with zero attached hydrogens (tertiary/aromatic N) is 1. The van der Waals surface area contributed by atoms with Gasteiger partial charge in [-0.2, -0.15) is 0 Å². The number of rotatable bonds is 1. The average Bonchev–Trinajstić information content (AvgIpc) is 3.03. The Morgan fingerprint density at radius 3 is 3.10 bits per heavy atom. The van der Waals surface area contributed by atoms with Crippen molar-refractivity contribution in [3.63, 3.8) is 0 Å². The van der Waals surface area contributed by atoms with E-state index in [1.807, 2.05) is 0 Å². The maximum Gasteiger partial charge on any atom is 0.223 e. The minimum Gasteiger partial charge on any atom is -0.361 e. The number of aromatic amines is 1. The van der Waals surface area contributed by atoms with E-state index in [0.29, 0.717) is 18.2 Å². The number of amides is 1. The first-order valence-electron chi connectivity index (χ1n) is 7.60. The second-order valence-corrected chi connectivity index (χ2v) is 6.26. The predicted molar refractivity (Wildman–Crippen MR) is 79.3 cm³/mol. The van der Waals surface area contributed by atoms with E-state index < -0.39 is 0 Å². The number of piperidine rings is 1. The molecule has 1 aromatic carbocycles. The number of fused-ring (bicyclic) bond motifs is 2. The summed E-state index contributed by atoms with van der Waals surface area (Å²) in [5.74, 6) is 0.865. The first-order valence-corrected chi connectivity index (χ1v) is 7.60. The third-order valence-corrected chi connectivity index (χ3v) is 5.39. The summed E-state index contributed by atoms with van der Waals surface area (Å²) >= 11 is 0. The smallest absolute Gasteiger partial charge is 0.223 e. The molecule has 20 heavy (non-hydrogen) atoms. The standard InChI is InChI=1S/C17H20N2O/c1-12-5-4-10-19-16(20)8-9-17(12,19)14-11-18-15-7-3-2-6-13(14)15/h2-3,6-7,11-12,18H,4-5,8-10H2,1H3. The summed E-state index contributed by atoms with van der Waals surface area (Å²) in [7, 11) is 0. The molecule has 0 spiro atoms. The van der Waals surface area contributed by atoms with Crippen LogP contribution >= 0.6 is 0 Å². The third kappa shape index (κ3) is 1.38. The van der Waals surface area contributed by atoms with E-state index in [2.05, 4.69) is 47.3 Å². The molecule has 2 atom stereocenters. The lowest BCUT2D eigenvalue weighted by molar-refractivity contribution is -0.135.